The molecule has 0 bridgehead atoms. The van der Waals surface area contributed by atoms with Crippen LogP contribution in [0.25, 0.3) is 0 Å². The molecule has 4 heteroatoms. The first-order chi connectivity index (χ1) is 8.31. The van der Waals surface area contributed by atoms with Crippen LogP contribution in [0, 0.1) is 11.5 Å². The second-order valence-corrected chi connectivity index (χ2v) is 2.98. The first-order valence-electron chi connectivity index (χ1n) is 4.91. The van der Waals surface area contributed by atoms with E-state index in [4.69, 9.17) is 14.7 Å². The fourth-order valence-corrected chi connectivity index (χ4v) is 1.15. The molecule has 0 heterocycles. The van der Waals surface area contributed by atoms with Gasteiger partial charge in [-0.15, -0.1) is 5.26 Å². The number of nitrogens with zero attached hydrogens (tertiary/aromatic N) is 2. The third-order valence-corrected chi connectivity index (χ3v) is 1.86. The van der Waals surface area contributed by atoms with Crippen molar-refractivity contribution in [2.45, 2.75) is 6.42 Å². The van der Waals surface area contributed by atoms with Crippen LogP contribution in [0.4, 0.5) is 0 Å². The zero-order chi connectivity index (χ0) is 12.5. The summed E-state index contributed by atoms with van der Waals surface area (Å²) in [5, 5.41) is 8.54. The van der Waals surface area contributed by atoms with E-state index in [0.29, 0.717) is 17.3 Å². The van der Waals surface area contributed by atoms with Gasteiger partial charge in [-0.3, -0.25) is 4.99 Å². The molecule has 0 saturated heterocycles. The van der Waals surface area contributed by atoms with Gasteiger partial charge in [0.15, 0.2) is 11.5 Å². The molecule has 0 aromatic carbocycles. The SMILES string of the molecule is C=C/C(=C\N=C)OC1=C(OC#N)C=CCC=C1. The summed E-state index contributed by atoms with van der Waals surface area (Å²) in [5.74, 6) is 1.20. The van der Waals surface area contributed by atoms with Crippen LogP contribution in [0.15, 0.2) is 65.4 Å². The maximum atomic E-state index is 8.54. The summed E-state index contributed by atoms with van der Waals surface area (Å²) in [6.07, 6.45) is 12.4. The van der Waals surface area contributed by atoms with Crippen LogP contribution >= 0.6 is 0 Å². The van der Waals surface area contributed by atoms with Gasteiger partial charge in [0, 0.05) is 0 Å². The van der Waals surface area contributed by atoms with Crippen molar-refractivity contribution in [3.05, 3.63) is 60.4 Å². The zero-order valence-electron chi connectivity index (χ0n) is 9.30. The minimum atomic E-state index is 0.345. The highest BCUT2D eigenvalue weighted by atomic mass is 16.5. The lowest BCUT2D eigenvalue weighted by atomic mass is 10.3. The van der Waals surface area contributed by atoms with Crippen molar-refractivity contribution in [1.29, 1.82) is 5.26 Å². The molecule has 86 valence electrons. The first kappa shape index (κ1) is 12.5. The Bertz CT molecular complexity index is 462. The molecule has 0 aromatic heterocycles. The fourth-order valence-electron chi connectivity index (χ4n) is 1.15. The van der Waals surface area contributed by atoms with Crippen molar-refractivity contribution >= 4 is 6.72 Å². The number of nitriles is 1. The summed E-state index contributed by atoms with van der Waals surface area (Å²) in [4.78, 5) is 3.59. The normalized spacial score (nSPS) is 14.9. The van der Waals surface area contributed by atoms with Gasteiger partial charge in [-0.25, -0.2) is 0 Å². The minimum absolute atomic E-state index is 0.345. The second-order valence-electron chi connectivity index (χ2n) is 2.98. The molecule has 0 saturated carbocycles. The monoisotopic (exact) mass is 228 g/mol. The third-order valence-electron chi connectivity index (χ3n) is 1.86. The van der Waals surface area contributed by atoms with Crippen LogP contribution in [0.5, 0.6) is 0 Å². The summed E-state index contributed by atoms with van der Waals surface area (Å²) in [6.45, 7) is 6.92. The van der Waals surface area contributed by atoms with Gasteiger partial charge >= 0.3 is 0 Å². The Balaban J connectivity index is 3.01. The quantitative estimate of drug-likeness (QED) is 0.314. The average molecular weight is 228 g/mol. The van der Waals surface area contributed by atoms with Crippen molar-refractivity contribution in [2.75, 3.05) is 0 Å². The Morgan fingerprint density at radius 1 is 1.41 bits per heavy atom. The lowest BCUT2D eigenvalue weighted by molar-refractivity contribution is 0.290. The van der Waals surface area contributed by atoms with E-state index in [-0.39, 0.29) is 0 Å². The summed E-state index contributed by atoms with van der Waals surface area (Å²) in [7, 11) is 0. The predicted molar refractivity (Wildman–Crippen MR) is 65.5 cm³/mol. The topological polar surface area (TPSA) is 54.6 Å². The molecule has 1 aliphatic rings. The smallest absolute Gasteiger partial charge is 0.292 e. The molecule has 0 radical (unpaired) electrons. The van der Waals surface area contributed by atoms with Gasteiger partial charge < -0.3 is 9.47 Å². The Labute approximate surface area is 100 Å². The highest BCUT2D eigenvalue weighted by molar-refractivity contribution is 5.32. The van der Waals surface area contributed by atoms with Gasteiger partial charge in [-0.1, -0.05) is 18.7 Å². The second kappa shape index (κ2) is 6.85. The first-order valence-corrected chi connectivity index (χ1v) is 4.91. The summed E-state index contributed by atoms with van der Waals surface area (Å²) >= 11 is 0. The van der Waals surface area contributed by atoms with Gasteiger partial charge in [0.25, 0.3) is 6.26 Å². The maximum Gasteiger partial charge on any atom is 0.292 e. The van der Waals surface area contributed by atoms with Gasteiger partial charge in [-0.05, 0) is 31.4 Å². The minimum Gasteiger partial charge on any atom is -0.452 e. The largest absolute Gasteiger partial charge is 0.452 e. The summed E-state index contributed by atoms with van der Waals surface area (Å²) in [5.41, 5.74) is 0. The van der Waals surface area contributed by atoms with Crippen LogP contribution in [-0.2, 0) is 9.47 Å². The fraction of sp³-hybridized carbons (Fsp3) is 0.0769. The van der Waals surface area contributed by atoms with E-state index < -0.39 is 0 Å². The lowest BCUT2D eigenvalue weighted by Gasteiger charge is -2.08. The number of aliphatic imine (C=N–C) groups is 1. The maximum absolute atomic E-state index is 8.54. The van der Waals surface area contributed by atoms with Gasteiger partial charge in [0.05, 0.1) is 6.20 Å². The predicted octanol–water partition coefficient (Wildman–Crippen LogP) is 2.96. The molecule has 0 spiro atoms. The number of ether oxygens (including phenoxy) is 2. The summed E-state index contributed by atoms with van der Waals surface area (Å²) < 4.78 is 10.3. The molecule has 17 heavy (non-hydrogen) atoms. The molecular formula is C13H12N2O2. The highest BCUT2D eigenvalue weighted by Gasteiger charge is 2.08. The van der Waals surface area contributed by atoms with Gasteiger partial charge in [-0.2, -0.15) is 0 Å². The van der Waals surface area contributed by atoms with Crippen LogP contribution in [0.2, 0.25) is 0 Å². The molecule has 4 nitrogen and oxygen atoms in total. The average Bonchev–Trinajstić information content (AvgIpc) is 2.55. The number of rotatable bonds is 5. The van der Waals surface area contributed by atoms with E-state index in [1.165, 1.54) is 12.3 Å². The molecule has 0 N–H and O–H groups in total. The zero-order valence-corrected chi connectivity index (χ0v) is 9.30. The van der Waals surface area contributed by atoms with E-state index in [1.807, 2.05) is 12.2 Å². The molecule has 0 aromatic rings. The standard InChI is InChI=1S/C13H12N2O2/c1-3-11(9-15-2)17-13-8-6-4-5-7-12(13)16-10-14/h3,5-9H,1-2,4H2/b11-9+. The molecule has 0 aliphatic heterocycles. The van der Waals surface area contributed by atoms with Gasteiger partial charge in [0.2, 0.25) is 0 Å². The van der Waals surface area contributed by atoms with Crippen molar-refractivity contribution in [1.82, 2.24) is 0 Å². The van der Waals surface area contributed by atoms with E-state index in [2.05, 4.69) is 18.3 Å². The van der Waals surface area contributed by atoms with E-state index >= 15 is 0 Å². The molecular weight excluding hydrogens is 216 g/mol. The lowest BCUT2D eigenvalue weighted by Crippen LogP contribution is -1.94. The number of allylic oxidation sites excluding steroid dienone is 5. The Kier molecular flexibility index (Phi) is 5.05. The van der Waals surface area contributed by atoms with Crippen molar-refractivity contribution < 1.29 is 9.47 Å². The molecule has 0 fully saturated rings. The van der Waals surface area contributed by atoms with E-state index in [1.54, 1.807) is 18.4 Å². The number of hydrogen-bond acceptors (Lipinski definition) is 4. The molecule has 1 aliphatic carbocycles. The Morgan fingerprint density at radius 3 is 2.71 bits per heavy atom. The Hall–Kier alpha value is -2.54. The van der Waals surface area contributed by atoms with Crippen LogP contribution in [0.1, 0.15) is 6.42 Å². The van der Waals surface area contributed by atoms with Crippen LogP contribution in [-0.4, -0.2) is 6.72 Å². The molecule has 0 atom stereocenters. The molecule has 0 amide bonds. The molecule has 0 unspecified atom stereocenters. The van der Waals surface area contributed by atoms with Crippen LogP contribution < -0.4 is 0 Å². The van der Waals surface area contributed by atoms with E-state index in [9.17, 15) is 0 Å². The van der Waals surface area contributed by atoms with Crippen molar-refractivity contribution in [3.63, 3.8) is 0 Å². The van der Waals surface area contributed by atoms with Gasteiger partial charge in [0.1, 0.15) is 5.76 Å². The third kappa shape index (κ3) is 3.84. The molecule has 1 rings (SSSR count). The van der Waals surface area contributed by atoms with Crippen molar-refractivity contribution in [3.8, 4) is 6.26 Å². The summed E-state index contributed by atoms with van der Waals surface area (Å²) in [6, 6.07) is 0. The Morgan fingerprint density at radius 2 is 2.12 bits per heavy atom. The highest BCUT2D eigenvalue weighted by Crippen LogP contribution is 2.18. The van der Waals surface area contributed by atoms with Crippen molar-refractivity contribution in [2.24, 2.45) is 4.99 Å². The van der Waals surface area contributed by atoms with Crippen LogP contribution in [0.3, 0.4) is 0 Å². The number of hydrogen-bond donors (Lipinski definition) is 0. The van der Waals surface area contributed by atoms with E-state index in [0.717, 1.165) is 6.42 Å².